The Morgan fingerprint density at radius 2 is 1.80 bits per heavy atom. The fraction of sp³-hybridized carbons (Fsp3) is 0.333. The van der Waals surface area contributed by atoms with Crippen molar-refractivity contribution in [2.24, 2.45) is 0 Å². The van der Waals surface area contributed by atoms with Crippen molar-refractivity contribution < 1.29 is 27.9 Å². The zero-order valence-corrected chi connectivity index (χ0v) is 12.1. The van der Waals surface area contributed by atoms with Gasteiger partial charge in [0.2, 0.25) is 0 Å². The lowest BCUT2D eigenvalue weighted by Gasteiger charge is -2.21. The molecule has 0 aliphatic rings. The quantitative estimate of drug-likeness (QED) is 0.877. The molecule has 110 valence electrons. The molecule has 2 N–H and O–H groups in total. The number of carboxylic acids is 1. The number of nitrogens with one attached hydrogen (secondary N) is 1. The largest absolute Gasteiger partial charge is 0.480 e. The van der Waals surface area contributed by atoms with Crippen molar-refractivity contribution in [3.05, 3.63) is 33.8 Å². The Kier molecular flexibility index (Phi) is 4.48. The third kappa shape index (κ3) is 3.72. The molecule has 8 heteroatoms. The highest BCUT2D eigenvalue weighted by Gasteiger charge is 2.34. The van der Waals surface area contributed by atoms with Gasteiger partial charge in [0, 0.05) is 10.0 Å². The van der Waals surface area contributed by atoms with E-state index in [4.69, 9.17) is 5.11 Å². The van der Waals surface area contributed by atoms with Gasteiger partial charge in [-0.2, -0.15) is 13.2 Å². The fourth-order valence-corrected chi connectivity index (χ4v) is 1.76. The summed E-state index contributed by atoms with van der Waals surface area (Å²) >= 11 is 2.75. The first-order valence-electron chi connectivity index (χ1n) is 5.38. The Morgan fingerprint density at radius 3 is 2.25 bits per heavy atom. The van der Waals surface area contributed by atoms with Crippen LogP contribution in [0.25, 0.3) is 0 Å². The van der Waals surface area contributed by atoms with E-state index in [9.17, 15) is 22.8 Å². The van der Waals surface area contributed by atoms with Crippen LogP contribution >= 0.6 is 15.9 Å². The van der Waals surface area contributed by atoms with Crippen molar-refractivity contribution in [2.75, 3.05) is 0 Å². The number of aliphatic carboxylic acids is 1. The number of carboxylic acid groups (broad SMARTS) is 1. The summed E-state index contributed by atoms with van der Waals surface area (Å²) < 4.78 is 37.9. The lowest BCUT2D eigenvalue weighted by Crippen LogP contribution is -2.49. The van der Waals surface area contributed by atoms with Crippen molar-refractivity contribution in [2.45, 2.75) is 25.6 Å². The van der Waals surface area contributed by atoms with E-state index in [1.54, 1.807) is 0 Å². The highest BCUT2D eigenvalue weighted by atomic mass is 79.9. The first-order valence-corrected chi connectivity index (χ1v) is 6.17. The monoisotopic (exact) mass is 353 g/mol. The second-order valence-corrected chi connectivity index (χ2v) is 5.43. The molecule has 0 aliphatic heterocycles. The second-order valence-electron chi connectivity index (χ2n) is 4.58. The Morgan fingerprint density at radius 1 is 1.25 bits per heavy atom. The summed E-state index contributed by atoms with van der Waals surface area (Å²) in [6, 6.07) is 2.93. The van der Waals surface area contributed by atoms with Crippen molar-refractivity contribution in [3.8, 4) is 0 Å². The summed E-state index contributed by atoms with van der Waals surface area (Å²) in [5, 5.41) is 11.0. The van der Waals surface area contributed by atoms with Gasteiger partial charge in [-0.05, 0) is 32.0 Å². The van der Waals surface area contributed by atoms with Gasteiger partial charge >= 0.3 is 12.1 Å². The number of hydrogen-bond acceptors (Lipinski definition) is 2. The van der Waals surface area contributed by atoms with Crippen LogP contribution in [0.1, 0.15) is 29.8 Å². The molecule has 0 aromatic heterocycles. The molecular weight excluding hydrogens is 343 g/mol. The van der Waals surface area contributed by atoms with E-state index in [2.05, 4.69) is 21.2 Å². The van der Waals surface area contributed by atoms with Crippen molar-refractivity contribution >= 4 is 27.8 Å². The molecule has 1 rings (SSSR count). The number of carbonyl (C=O) groups excluding carboxylic acids is 1. The van der Waals surface area contributed by atoms with Crippen molar-refractivity contribution in [3.63, 3.8) is 0 Å². The van der Waals surface area contributed by atoms with Gasteiger partial charge in [0.05, 0.1) is 5.56 Å². The standard InChI is InChI=1S/C12H11BrF3NO3/c1-11(2,10(19)20)17-9(18)6-3-4-8(13)7(5-6)12(14,15)16/h3-5H,1-2H3,(H,17,18)(H,19,20). The molecule has 0 unspecified atom stereocenters. The summed E-state index contributed by atoms with van der Waals surface area (Å²) in [4.78, 5) is 22.7. The van der Waals surface area contributed by atoms with Crippen LogP contribution in [0.5, 0.6) is 0 Å². The van der Waals surface area contributed by atoms with Crippen molar-refractivity contribution in [1.29, 1.82) is 0 Å². The first-order chi connectivity index (χ1) is 8.95. The number of alkyl halides is 3. The smallest absolute Gasteiger partial charge is 0.417 e. The SMILES string of the molecule is CC(C)(NC(=O)c1ccc(Br)c(C(F)(F)F)c1)C(=O)O. The molecule has 0 saturated carbocycles. The topological polar surface area (TPSA) is 66.4 Å². The number of rotatable bonds is 3. The average Bonchev–Trinajstić information content (AvgIpc) is 2.26. The predicted molar refractivity (Wildman–Crippen MR) is 68.3 cm³/mol. The van der Waals surface area contributed by atoms with Crippen LogP contribution in [0.2, 0.25) is 0 Å². The molecule has 20 heavy (non-hydrogen) atoms. The first kappa shape index (κ1) is 16.5. The van der Waals surface area contributed by atoms with Crippen molar-refractivity contribution in [1.82, 2.24) is 5.32 Å². The van der Waals surface area contributed by atoms with Crippen LogP contribution in [0.15, 0.2) is 22.7 Å². The number of carbonyl (C=O) groups is 2. The van der Waals surface area contributed by atoms with Gasteiger partial charge in [0.1, 0.15) is 5.54 Å². The van der Waals surface area contributed by atoms with E-state index in [1.807, 2.05) is 0 Å². The molecule has 0 radical (unpaired) electrons. The van der Waals surface area contributed by atoms with Crippen LogP contribution in [0, 0.1) is 0 Å². The summed E-state index contributed by atoms with van der Waals surface area (Å²) in [7, 11) is 0. The number of benzene rings is 1. The van der Waals surface area contributed by atoms with Crippen LogP contribution in [-0.2, 0) is 11.0 Å². The minimum absolute atomic E-state index is 0.195. The maximum Gasteiger partial charge on any atom is 0.417 e. The van der Waals surface area contributed by atoms with Crippen LogP contribution in [-0.4, -0.2) is 22.5 Å². The highest BCUT2D eigenvalue weighted by Crippen LogP contribution is 2.35. The molecule has 0 spiro atoms. The lowest BCUT2D eigenvalue weighted by atomic mass is 10.0. The number of halogens is 4. The van der Waals surface area contributed by atoms with Gasteiger partial charge in [-0.1, -0.05) is 15.9 Å². The molecule has 0 heterocycles. The summed E-state index contributed by atoms with van der Waals surface area (Å²) in [5.74, 6) is -2.19. The van der Waals surface area contributed by atoms with E-state index < -0.39 is 29.2 Å². The Hall–Kier alpha value is -1.57. The number of hydrogen-bond donors (Lipinski definition) is 2. The van der Waals surface area contributed by atoms with Crippen LogP contribution in [0.4, 0.5) is 13.2 Å². The minimum atomic E-state index is -4.61. The van der Waals surface area contributed by atoms with Gasteiger partial charge in [0.15, 0.2) is 0 Å². The molecule has 0 bridgehead atoms. The molecule has 0 saturated heterocycles. The molecule has 1 aromatic carbocycles. The normalized spacial score (nSPS) is 12.1. The minimum Gasteiger partial charge on any atom is -0.480 e. The van der Waals surface area contributed by atoms with Gasteiger partial charge in [-0.25, -0.2) is 4.79 Å². The van der Waals surface area contributed by atoms with E-state index in [-0.39, 0.29) is 10.0 Å². The zero-order valence-electron chi connectivity index (χ0n) is 10.5. The molecule has 4 nitrogen and oxygen atoms in total. The second kappa shape index (κ2) is 5.43. The maximum atomic E-state index is 12.7. The van der Waals surface area contributed by atoms with Gasteiger partial charge in [-0.15, -0.1) is 0 Å². The molecule has 1 aromatic rings. The highest BCUT2D eigenvalue weighted by molar-refractivity contribution is 9.10. The fourth-order valence-electron chi connectivity index (χ4n) is 1.29. The van der Waals surface area contributed by atoms with Gasteiger partial charge < -0.3 is 10.4 Å². The van der Waals surface area contributed by atoms with Gasteiger partial charge in [0.25, 0.3) is 5.91 Å². The third-order valence-electron chi connectivity index (χ3n) is 2.49. The Labute approximate surface area is 121 Å². The number of amides is 1. The van der Waals surface area contributed by atoms with E-state index in [0.29, 0.717) is 6.07 Å². The van der Waals surface area contributed by atoms with E-state index >= 15 is 0 Å². The Bertz CT molecular complexity index is 555. The van der Waals surface area contributed by atoms with E-state index in [0.717, 1.165) is 6.07 Å². The van der Waals surface area contributed by atoms with Crippen LogP contribution in [0.3, 0.4) is 0 Å². The van der Waals surface area contributed by atoms with E-state index in [1.165, 1.54) is 19.9 Å². The summed E-state index contributed by atoms with van der Waals surface area (Å²) in [6.07, 6.45) is -4.61. The average molecular weight is 354 g/mol. The lowest BCUT2D eigenvalue weighted by molar-refractivity contribution is -0.143. The van der Waals surface area contributed by atoms with Crippen LogP contribution < -0.4 is 5.32 Å². The molecular formula is C12H11BrF3NO3. The van der Waals surface area contributed by atoms with Gasteiger partial charge in [-0.3, -0.25) is 4.79 Å². The molecule has 0 atom stereocenters. The maximum absolute atomic E-state index is 12.7. The third-order valence-corrected chi connectivity index (χ3v) is 3.19. The summed E-state index contributed by atoms with van der Waals surface area (Å²) in [6.45, 7) is 2.47. The molecule has 1 amide bonds. The Balaban J connectivity index is 3.10. The zero-order chi connectivity index (χ0) is 15.7. The molecule has 0 aliphatic carbocycles. The predicted octanol–water partition coefficient (Wildman–Crippen LogP) is 3.06. The summed E-state index contributed by atoms with van der Waals surface area (Å²) in [5.41, 5.74) is -2.85. The molecule has 0 fully saturated rings.